The summed E-state index contributed by atoms with van der Waals surface area (Å²) in [5, 5.41) is 0. The topological polar surface area (TPSA) is 29.5 Å². The Labute approximate surface area is 128 Å². The van der Waals surface area contributed by atoms with Gasteiger partial charge < -0.3 is 9.64 Å². The number of Topliss-reactive ketones (excluding diaryl/α,β-unsaturated/α-hetero) is 1. The Morgan fingerprint density at radius 2 is 2.05 bits per heavy atom. The van der Waals surface area contributed by atoms with E-state index < -0.39 is 0 Å². The predicted molar refractivity (Wildman–Crippen MR) is 87.2 cm³/mol. The Morgan fingerprint density at radius 3 is 2.71 bits per heavy atom. The summed E-state index contributed by atoms with van der Waals surface area (Å²) in [6.07, 6.45) is 5.30. The van der Waals surface area contributed by atoms with Gasteiger partial charge in [0.1, 0.15) is 0 Å². The Morgan fingerprint density at radius 1 is 1.29 bits per heavy atom. The third kappa shape index (κ3) is 4.31. The lowest BCUT2D eigenvalue weighted by Gasteiger charge is -2.27. The lowest BCUT2D eigenvalue weighted by atomic mass is 10.1. The summed E-state index contributed by atoms with van der Waals surface area (Å²) in [7, 11) is 0. The van der Waals surface area contributed by atoms with Crippen molar-refractivity contribution in [3.8, 4) is 0 Å². The van der Waals surface area contributed by atoms with E-state index in [0.29, 0.717) is 12.5 Å². The van der Waals surface area contributed by atoms with Gasteiger partial charge in [-0.05, 0) is 43.5 Å². The fourth-order valence-electron chi connectivity index (χ4n) is 2.86. The first-order chi connectivity index (χ1) is 10.3. The van der Waals surface area contributed by atoms with E-state index in [1.165, 1.54) is 24.9 Å². The van der Waals surface area contributed by atoms with Crippen molar-refractivity contribution in [3.05, 3.63) is 29.8 Å². The van der Waals surface area contributed by atoms with Gasteiger partial charge in [-0.2, -0.15) is 0 Å². The van der Waals surface area contributed by atoms with E-state index in [2.05, 4.69) is 24.0 Å². The predicted octanol–water partition coefficient (Wildman–Crippen LogP) is 4.06. The van der Waals surface area contributed by atoms with E-state index in [4.69, 9.17) is 4.74 Å². The average molecular weight is 289 g/mol. The Kier molecular flexibility index (Phi) is 6.24. The zero-order chi connectivity index (χ0) is 15.1. The molecule has 1 aromatic rings. The largest absolute Gasteiger partial charge is 0.379 e. The molecule has 0 aliphatic carbocycles. The summed E-state index contributed by atoms with van der Waals surface area (Å²) >= 11 is 0. The van der Waals surface area contributed by atoms with Crippen LogP contribution in [0.25, 0.3) is 0 Å². The van der Waals surface area contributed by atoms with Gasteiger partial charge in [-0.25, -0.2) is 0 Å². The highest BCUT2D eigenvalue weighted by Crippen LogP contribution is 2.26. The number of hydrogen-bond acceptors (Lipinski definition) is 3. The number of carbonyl (C=O) groups is 1. The highest BCUT2D eigenvalue weighted by molar-refractivity contribution is 5.96. The smallest absolute Gasteiger partial charge is 0.162 e. The molecule has 1 aliphatic heterocycles. The maximum atomic E-state index is 11.7. The molecule has 2 rings (SSSR count). The molecule has 0 N–H and O–H groups in total. The molecule has 1 fully saturated rings. The maximum Gasteiger partial charge on any atom is 0.162 e. The van der Waals surface area contributed by atoms with Gasteiger partial charge >= 0.3 is 0 Å². The molecule has 116 valence electrons. The van der Waals surface area contributed by atoms with Gasteiger partial charge in [0.05, 0.1) is 12.6 Å². The summed E-state index contributed by atoms with van der Waals surface area (Å²) in [6.45, 7) is 6.86. The Balaban J connectivity index is 1.94. The number of nitrogens with zero attached hydrogens (tertiary/aromatic N) is 1. The van der Waals surface area contributed by atoms with Crippen LogP contribution in [0.3, 0.4) is 0 Å². The molecule has 0 saturated carbocycles. The second-order valence-corrected chi connectivity index (χ2v) is 5.74. The van der Waals surface area contributed by atoms with Crippen LogP contribution in [0.2, 0.25) is 0 Å². The van der Waals surface area contributed by atoms with Crippen LogP contribution in [0, 0.1) is 0 Å². The lowest BCUT2D eigenvalue weighted by Crippen LogP contribution is -2.33. The zero-order valence-corrected chi connectivity index (χ0v) is 13.3. The first-order valence-corrected chi connectivity index (χ1v) is 8.24. The van der Waals surface area contributed by atoms with Gasteiger partial charge in [-0.1, -0.05) is 20.3 Å². The van der Waals surface area contributed by atoms with E-state index in [1.54, 1.807) is 0 Å². The second kappa shape index (κ2) is 8.18. The van der Waals surface area contributed by atoms with Crippen molar-refractivity contribution >= 4 is 11.5 Å². The van der Waals surface area contributed by atoms with Crippen molar-refractivity contribution < 1.29 is 9.53 Å². The van der Waals surface area contributed by atoms with Crippen LogP contribution in [0.5, 0.6) is 0 Å². The molecule has 1 atom stereocenters. The second-order valence-electron chi connectivity index (χ2n) is 5.74. The molecule has 0 radical (unpaired) electrons. The van der Waals surface area contributed by atoms with Crippen LogP contribution in [0.4, 0.5) is 5.69 Å². The normalized spacial score (nSPS) is 18.2. The van der Waals surface area contributed by atoms with Crippen molar-refractivity contribution in [2.45, 2.75) is 52.0 Å². The van der Waals surface area contributed by atoms with E-state index in [9.17, 15) is 4.79 Å². The van der Waals surface area contributed by atoms with Crippen LogP contribution in [-0.4, -0.2) is 31.6 Å². The van der Waals surface area contributed by atoms with Gasteiger partial charge in [0, 0.05) is 30.8 Å². The van der Waals surface area contributed by atoms with Crippen molar-refractivity contribution in [1.82, 2.24) is 0 Å². The molecule has 0 unspecified atom stereocenters. The van der Waals surface area contributed by atoms with Gasteiger partial charge in [-0.3, -0.25) is 4.79 Å². The van der Waals surface area contributed by atoms with E-state index in [0.717, 1.165) is 31.7 Å². The molecule has 0 aromatic heterocycles. The Bertz CT molecular complexity index is 441. The number of unbranched alkanes of at least 4 members (excludes halogenated alkanes) is 1. The lowest BCUT2D eigenvalue weighted by molar-refractivity contribution is 0.0988. The fourth-order valence-corrected chi connectivity index (χ4v) is 2.86. The SMILES string of the molecule is CCCCOC[C@@H]1CCCN1c1ccc(C(=O)CC)cc1. The average Bonchev–Trinajstić information content (AvgIpc) is 2.99. The number of ketones is 1. The summed E-state index contributed by atoms with van der Waals surface area (Å²) in [4.78, 5) is 14.1. The molecule has 1 heterocycles. The molecule has 1 aliphatic rings. The molecular weight excluding hydrogens is 262 g/mol. The van der Waals surface area contributed by atoms with Crippen LogP contribution >= 0.6 is 0 Å². The summed E-state index contributed by atoms with van der Waals surface area (Å²) in [5.74, 6) is 0.211. The number of hydrogen-bond donors (Lipinski definition) is 0. The van der Waals surface area contributed by atoms with Crippen LogP contribution in [-0.2, 0) is 4.74 Å². The van der Waals surface area contributed by atoms with Crippen molar-refractivity contribution in [1.29, 1.82) is 0 Å². The summed E-state index contributed by atoms with van der Waals surface area (Å²) in [6, 6.07) is 8.54. The van der Waals surface area contributed by atoms with Crippen LogP contribution in [0.1, 0.15) is 56.3 Å². The first-order valence-electron chi connectivity index (χ1n) is 8.24. The molecule has 21 heavy (non-hydrogen) atoms. The monoisotopic (exact) mass is 289 g/mol. The highest BCUT2D eigenvalue weighted by atomic mass is 16.5. The highest BCUT2D eigenvalue weighted by Gasteiger charge is 2.24. The minimum atomic E-state index is 0.211. The molecular formula is C18H27NO2. The molecule has 0 amide bonds. The van der Waals surface area contributed by atoms with E-state index in [1.807, 2.05) is 19.1 Å². The minimum Gasteiger partial charge on any atom is -0.379 e. The molecule has 0 spiro atoms. The number of ether oxygens (including phenoxy) is 1. The first kappa shape index (κ1) is 16.0. The fraction of sp³-hybridized carbons (Fsp3) is 0.611. The van der Waals surface area contributed by atoms with Crippen molar-refractivity contribution in [3.63, 3.8) is 0 Å². The standard InChI is InChI=1S/C18H27NO2/c1-3-5-13-21-14-17-7-6-12-19(17)16-10-8-15(9-11-16)18(20)4-2/h8-11,17H,3-7,12-14H2,1-2H3/t17-/m0/s1. The van der Waals surface area contributed by atoms with Crippen molar-refractivity contribution in [2.75, 3.05) is 24.7 Å². The molecule has 1 aromatic carbocycles. The van der Waals surface area contributed by atoms with Gasteiger partial charge in [-0.15, -0.1) is 0 Å². The van der Waals surface area contributed by atoms with Crippen LogP contribution in [0.15, 0.2) is 24.3 Å². The molecule has 3 heteroatoms. The minimum absolute atomic E-state index is 0.211. The molecule has 0 bridgehead atoms. The third-order valence-electron chi connectivity index (χ3n) is 4.17. The maximum absolute atomic E-state index is 11.7. The number of anilines is 1. The summed E-state index contributed by atoms with van der Waals surface area (Å²) in [5.41, 5.74) is 2.03. The third-order valence-corrected chi connectivity index (χ3v) is 4.17. The van der Waals surface area contributed by atoms with Crippen molar-refractivity contribution in [2.24, 2.45) is 0 Å². The number of carbonyl (C=O) groups excluding carboxylic acids is 1. The molecule has 3 nitrogen and oxygen atoms in total. The van der Waals surface area contributed by atoms with E-state index >= 15 is 0 Å². The van der Waals surface area contributed by atoms with E-state index in [-0.39, 0.29) is 5.78 Å². The van der Waals surface area contributed by atoms with Gasteiger partial charge in [0.2, 0.25) is 0 Å². The number of benzene rings is 1. The van der Waals surface area contributed by atoms with Gasteiger partial charge in [0.15, 0.2) is 5.78 Å². The Hall–Kier alpha value is -1.35. The number of rotatable bonds is 8. The molecule has 1 saturated heterocycles. The zero-order valence-electron chi connectivity index (χ0n) is 13.3. The quantitative estimate of drug-likeness (QED) is 0.534. The van der Waals surface area contributed by atoms with Gasteiger partial charge in [0.25, 0.3) is 0 Å². The summed E-state index contributed by atoms with van der Waals surface area (Å²) < 4.78 is 5.79. The van der Waals surface area contributed by atoms with Crippen LogP contribution < -0.4 is 4.90 Å².